The van der Waals surface area contributed by atoms with Gasteiger partial charge in [-0.05, 0) is 56.5 Å². The van der Waals surface area contributed by atoms with Crippen LogP contribution >= 0.6 is 0 Å². The van der Waals surface area contributed by atoms with Crippen molar-refractivity contribution in [2.24, 2.45) is 7.05 Å². The molecule has 0 aliphatic carbocycles. The van der Waals surface area contributed by atoms with E-state index in [4.69, 9.17) is 9.72 Å². The summed E-state index contributed by atoms with van der Waals surface area (Å²) in [6, 6.07) is 13.4. The average Bonchev–Trinajstić information content (AvgIpc) is 3.55. The molecule has 0 atom stereocenters. The third kappa shape index (κ3) is 5.86. The number of nitrogens with zero attached hydrogens (tertiary/aromatic N) is 7. The topological polar surface area (TPSA) is 108 Å². The lowest BCUT2D eigenvalue weighted by atomic mass is 9.93. The van der Waals surface area contributed by atoms with Gasteiger partial charge in [0.1, 0.15) is 5.65 Å². The quantitative estimate of drug-likeness (QED) is 0.269. The van der Waals surface area contributed by atoms with E-state index >= 15 is 0 Å². The van der Waals surface area contributed by atoms with Gasteiger partial charge in [0.2, 0.25) is 11.8 Å². The fourth-order valence-corrected chi connectivity index (χ4v) is 6.48. The largest absolute Gasteiger partial charge is 0.421 e. The maximum atomic E-state index is 12.0. The van der Waals surface area contributed by atoms with Crippen LogP contribution in [0.15, 0.2) is 73.4 Å². The summed E-state index contributed by atoms with van der Waals surface area (Å²) in [7, 11) is -1.02. The second kappa shape index (κ2) is 10.7. The number of hydrogen-bond donors (Lipinski definition) is 0. The van der Waals surface area contributed by atoms with Gasteiger partial charge in [-0.15, -0.1) is 0 Å². The Morgan fingerprint density at radius 2 is 1.76 bits per heavy atom. The summed E-state index contributed by atoms with van der Waals surface area (Å²) >= 11 is 0. The van der Waals surface area contributed by atoms with Crippen LogP contribution in [0, 0.1) is 0 Å². The van der Waals surface area contributed by atoms with Crippen molar-refractivity contribution in [2.45, 2.75) is 32.2 Å². The van der Waals surface area contributed by atoms with Gasteiger partial charge in [-0.3, -0.25) is 14.1 Å². The molecular formula is C30H33N7O3S. The highest BCUT2D eigenvalue weighted by molar-refractivity contribution is 7.91. The van der Waals surface area contributed by atoms with E-state index < -0.39 is 9.84 Å². The Kier molecular flexibility index (Phi) is 7.08. The molecule has 6 heterocycles. The number of rotatable bonds is 8. The highest BCUT2D eigenvalue weighted by Crippen LogP contribution is 2.31. The third-order valence-corrected chi connectivity index (χ3v) is 9.40. The lowest BCUT2D eigenvalue weighted by Gasteiger charge is -2.41. The van der Waals surface area contributed by atoms with Gasteiger partial charge in [-0.25, -0.2) is 23.4 Å². The van der Waals surface area contributed by atoms with Crippen molar-refractivity contribution < 1.29 is 13.2 Å². The fourth-order valence-electron chi connectivity index (χ4n) is 5.28. The van der Waals surface area contributed by atoms with E-state index in [1.807, 2.05) is 49.8 Å². The van der Waals surface area contributed by atoms with E-state index in [1.54, 1.807) is 23.1 Å². The maximum Gasteiger partial charge on any atom is 0.221 e. The first kappa shape index (κ1) is 27.1. The van der Waals surface area contributed by atoms with Gasteiger partial charge in [0.15, 0.2) is 9.84 Å². The van der Waals surface area contributed by atoms with Crippen LogP contribution in [0.25, 0.3) is 28.0 Å². The second-order valence-electron chi connectivity index (χ2n) is 11.1. The maximum absolute atomic E-state index is 12.0. The van der Waals surface area contributed by atoms with E-state index in [0.717, 1.165) is 40.8 Å². The molecule has 212 valence electrons. The van der Waals surface area contributed by atoms with E-state index in [-0.39, 0.29) is 17.0 Å². The summed E-state index contributed by atoms with van der Waals surface area (Å²) in [5.41, 5.74) is 4.53. The van der Waals surface area contributed by atoms with Crippen molar-refractivity contribution >= 4 is 20.9 Å². The molecule has 1 aliphatic rings. The molecule has 0 spiro atoms. The van der Waals surface area contributed by atoms with Crippen LogP contribution in [0.5, 0.6) is 11.8 Å². The van der Waals surface area contributed by atoms with Crippen LogP contribution in [0.4, 0.5) is 0 Å². The molecule has 0 radical (unpaired) electrons. The molecule has 1 aliphatic heterocycles. The van der Waals surface area contributed by atoms with Crippen LogP contribution in [0.2, 0.25) is 0 Å². The summed E-state index contributed by atoms with van der Waals surface area (Å²) < 4.78 is 33.5. The zero-order valence-electron chi connectivity index (χ0n) is 23.4. The molecule has 11 heteroatoms. The molecule has 0 amide bonds. The van der Waals surface area contributed by atoms with Gasteiger partial charge in [-0.2, -0.15) is 5.10 Å². The number of fused-ring (bicyclic) bond motifs is 1. The van der Waals surface area contributed by atoms with E-state index in [1.165, 1.54) is 5.56 Å². The highest BCUT2D eigenvalue weighted by atomic mass is 32.2. The Morgan fingerprint density at radius 1 is 0.951 bits per heavy atom. The van der Waals surface area contributed by atoms with Crippen LogP contribution in [-0.4, -0.2) is 72.8 Å². The predicted octanol–water partition coefficient (Wildman–Crippen LogP) is 4.45. The molecular weight excluding hydrogens is 538 g/mol. The van der Waals surface area contributed by atoms with Gasteiger partial charge >= 0.3 is 0 Å². The van der Waals surface area contributed by atoms with E-state index in [9.17, 15) is 8.42 Å². The van der Waals surface area contributed by atoms with Gasteiger partial charge in [0.05, 0.1) is 29.1 Å². The first-order valence-electron chi connectivity index (χ1n) is 13.7. The molecule has 5 aromatic rings. The van der Waals surface area contributed by atoms with E-state index in [2.05, 4.69) is 50.6 Å². The normalized spacial score (nSPS) is 15.8. The lowest BCUT2D eigenvalue weighted by Crippen LogP contribution is -2.51. The fraction of sp³-hybridized carbons (Fsp3) is 0.333. The lowest BCUT2D eigenvalue weighted by molar-refractivity contribution is 0.123. The van der Waals surface area contributed by atoms with Crippen LogP contribution in [0.1, 0.15) is 25.8 Å². The molecule has 1 saturated heterocycles. The van der Waals surface area contributed by atoms with Gasteiger partial charge in [0, 0.05) is 73.5 Å². The van der Waals surface area contributed by atoms with Crippen LogP contribution < -0.4 is 4.74 Å². The smallest absolute Gasteiger partial charge is 0.221 e. The number of aryl methyl sites for hydroxylation is 2. The highest BCUT2D eigenvalue weighted by Gasteiger charge is 2.32. The predicted molar refractivity (Wildman–Crippen MR) is 158 cm³/mol. The number of sulfone groups is 1. The summed E-state index contributed by atoms with van der Waals surface area (Å²) in [6.45, 7) is 5.57. The number of ether oxygens (including phenoxy) is 1. The Bertz CT molecular complexity index is 1760. The summed E-state index contributed by atoms with van der Waals surface area (Å²) in [5.74, 6) is 1.41. The molecule has 1 fully saturated rings. The van der Waals surface area contributed by atoms with E-state index in [0.29, 0.717) is 24.8 Å². The monoisotopic (exact) mass is 571 g/mol. The van der Waals surface area contributed by atoms with Crippen LogP contribution in [0.3, 0.4) is 0 Å². The zero-order chi connectivity index (χ0) is 28.6. The number of hydrogen-bond acceptors (Lipinski definition) is 8. The minimum Gasteiger partial charge on any atom is -0.421 e. The molecule has 5 aromatic heterocycles. The Labute approximate surface area is 239 Å². The van der Waals surface area contributed by atoms with Gasteiger partial charge in [0.25, 0.3) is 0 Å². The van der Waals surface area contributed by atoms with Crippen molar-refractivity contribution in [3.8, 4) is 28.7 Å². The van der Waals surface area contributed by atoms with Gasteiger partial charge in [-0.1, -0.05) is 6.07 Å². The third-order valence-electron chi connectivity index (χ3n) is 7.79. The first-order chi connectivity index (χ1) is 19.7. The minimum atomic E-state index is -2.92. The van der Waals surface area contributed by atoms with Crippen LogP contribution in [-0.2, 0) is 23.3 Å². The summed E-state index contributed by atoms with van der Waals surface area (Å²) in [4.78, 5) is 16.0. The summed E-state index contributed by atoms with van der Waals surface area (Å²) in [5, 5.41) is 5.46. The van der Waals surface area contributed by atoms with Crippen molar-refractivity contribution in [1.82, 2.24) is 34.2 Å². The number of aromatic nitrogens is 6. The standard InChI is InChI=1S/C30H33N7O3S/c1-30(2,36-14-16-41(38,39)17-15-36)12-11-23-20-37(24-19-33-35(3)21-24)29-25(23)8-9-26(34-29)22-7-10-28(32-18-22)40-27-6-4-5-13-31-27/h4-10,13,18-21H,11-12,14-17H2,1-3H3. The molecule has 0 aromatic carbocycles. The Hall–Kier alpha value is -4.09. The van der Waals surface area contributed by atoms with Crippen molar-refractivity contribution in [2.75, 3.05) is 24.6 Å². The molecule has 0 saturated carbocycles. The summed E-state index contributed by atoms with van der Waals surface area (Å²) in [6.07, 6.45) is 11.1. The molecule has 0 bridgehead atoms. The molecule has 6 rings (SSSR count). The average molecular weight is 572 g/mol. The second-order valence-corrected chi connectivity index (χ2v) is 13.4. The van der Waals surface area contributed by atoms with Crippen molar-refractivity contribution in [1.29, 1.82) is 0 Å². The molecule has 0 N–H and O–H groups in total. The van der Waals surface area contributed by atoms with Gasteiger partial charge < -0.3 is 4.74 Å². The SMILES string of the molecule is Cn1cc(-n2cc(CCC(C)(C)N3CCS(=O)(=O)CC3)c3ccc(-c4ccc(Oc5ccccn5)nc4)nc32)cn1. The molecule has 41 heavy (non-hydrogen) atoms. The zero-order valence-corrected chi connectivity index (χ0v) is 24.3. The minimum absolute atomic E-state index is 0.128. The van der Waals surface area contributed by atoms with Crippen molar-refractivity contribution in [3.05, 3.63) is 79.0 Å². The first-order valence-corrected chi connectivity index (χ1v) is 15.5. The molecule has 0 unspecified atom stereocenters. The molecule has 10 nitrogen and oxygen atoms in total. The Morgan fingerprint density at radius 3 is 2.44 bits per heavy atom. The van der Waals surface area contributed by atoms with Crippen molar-refractivity contribution in [3.63, 3.8) is 0 Å². The number of pyridine rings is 3. The Balaban J connectivity index is 1.28.